The zero-order valence-corrected chi connectivity index (χ0v) is 8.81. The summed E-state index contributed by atoms with van der Waals surface area (Å²) in [6.45, 7) is 0. The van der Waals surface area contributed by atoms with E-state index < -0.39 is 0 Å². The fourth-order valence-corrected chi connectivity index (χ4v) is 2.14. The van der Waals surface area contributed by atoms with Crippen LogP contribution in [0.25, 0.3) is 21.5 Å². The lowest BCUT2D eigenvalue weighted by Gasteiger charge is -2.07. The molecule has 77 valence electrons. The summed E-state index contributed by atoms with van der Waals surface area (Å²) in [7, 11) is 3.49. The summed E-state index contributed by atoms with van der Waals surface area (Å²) in [5.41, 5.74) is 0. The Kier molecular flexibility index (Phi) is 2.03. The Labute approximate surface area is 94.3 Å². The van der Waals surface area contributed by atoms with E-state index in [4.69, 9.17) is 4.74 Å². The number of benzene rings is 3. The van der Waals surface area contributed by atoms with E-state index in [-0.39, 0.29) is 0 Å². The molecule has 0 aliphatic heterocycles. The molecule has 1 radical (unpaired) electrons. The predicted molar refractivity (Wildman–Crippen MR) is 67.4 cm³/mol. The van der Waals surface area contributed by atoms with Gasteiger partial charge in [-0.15, -0.1) is 0 Å². The number of rotatable bonds is 1. The van der Waals surface area contributed by atoms with Crippen LogP contribution < -0.4 is 4.74 Å². The van der Waals surface area contributed by atoms with Crippen LogP contribution in [0.4, 0.5) is 0 Å². The van der Waals surface area contributed by atoms with Gasteiger partial charge in [0.15, 0.2) is 0 Å². The summed E-state index contributed by atoms with van der Waals surface area (Å²) in [5.74, 6) is 0.822. The molecule has 1 heteroatoms. The second kappa shape index (κ2) is 3.53. The maximum Gasteiger partial charge on any atom is 0.127 e. The van der Waals surface area contributed by atoms with Crippen LogP contribution in [0.2, 0.25) is 0 Å². The standard InChI is InChI=1S/C15H11O/c1-16-15-8-4-7-13-12-6-3-2-5-11(12)9-10-14(13)15/h2-10H,1H2. The van der Waals surface area contributed by atoms with Gasteiger partial charge >= 0.3 is 0 Å². The second-order valence-electron chi connectivity index (χ2n) is 3.78. The Bertz CT molecular complexity index is 656. The van der Waals surface area contributed by atoms with Gasteiger partial charge in [-0.25, -0.2) is 0 Å². The van der Waals surface area contributed by atoms with Crippen LogP contribution in [0.3, 0.4) is 0 Å². The van der Waals surface area contributed by atoms with E-state index in [2.05, 4.69) is 49.6 Å². The highest BCUT2D eigenvalue weighted by atomic mass is 16.5. The van der Waals surface area contributed by atoms with Gasteiger partial charge in [0.25, 0.3) is 0 Å². The molecule has 0 spiro atoms. The molecule has 0 amide bonds. The third-order valence-corrected chi connectivity index (χ3v) is 2.90. The van der Waals surface area contributed by atoms with Crippen molar-refractivity contribution >= 4 is 21.5 Å². The van der Waals surface area contributed by atoms with E-state index in [1.807, 2.05) is 12.1 Å². The average Bonchev–Trinajstić information content (AvgIpc) is 2.37. The Morgan fingerprint density at radius 1 is 0.688 bits per heavy atom. The highest BCUT2D eigenvalue weighted by molar-refractivity contribution is 6.09. The zero-order chi connectivity index (χ0) is 11.0. The third kappa shape index (κ3) is 1.25. The van der Waals surface area contributed by atoms with Crippen molar-refractivity contribution in [2.45, 2.75) is 0 Å². The first-order chi connectivity index (χ1) is 7.90. The van der Waals surface area contributed by atoms with Crippen LogP contribution in [0, 0.1) is 7.11 Å². The largest absolute Gasteiger partial charge is 0.489 e. The first-order valence-corrected chi connectivity index (χ1v) is 5.22. The van der Waals surface area contributed by atoms with Crippen molar-refractivity contribution in [1.29, 1.82) is 0 Å². The van der Waals surface area contributed by atoms with E-state index in [9.17, 15) is 0 Å². The highest BCUT2D eigenvalue weighted by Crippen LogP contribution is 2.31. The van der Waals surface area contributed by atoms with Crippen molar-refractivity contribution in [1.82, 2.24) is 0 Å². The van der Waals surface area contributed by atoms with Gasteiger partial charge in [0.05, 0.1) is 0 Å². The van der Waals surface area contributed by atoms with E-state index in [0.717, 1.165) is 11.1 Å². The lowest BCUT2D eigenvalue weighted by atomic mass is 10.0. The molecule has 3 rings (SSSR count). The van der Waals surface area contributed by atoms with Gasteiger partial charge in [-0.05, 0) is 22.2 Å². The normalized spacial score (nSPS) is 10.8. The van der Waals surface area contributed by atoms with Gasteiger partial charge in [0.1, 0.15) is 12.9 Å². The summed E-state index contributed by atoms with van der Waals surface area (Å²) in [4.78, 5) is 0. The molecule has 0 aromatic heterocycles. The van der Waals surface area contributed by atoms with E-state index >= 15 is 0 Å². The van der Waals surface area contributed by atoms with Crippen LogP contribution in [0.15, 0.2) is 54.6 Å². The molecule has 0 saturated heterocycles. The second-order valence-corrected chi connectivity index (χ2v) is 3.78. The molecular formula is C15H11O. The van der Waals surface area contributed by atoms with Crippen molar-refractivity contribution in [3.63, 3.8) is 0 Å². The number of ether oxygens (including phenoxy) is 1. The molecule has 0 fully saturated rings. The zero-order valence-electron chi connectivity index (χ0n) is 8.81. The molecule has 1 nitrogen and oxygen atoms in total. The molecular weight excluding hydrogens is 196 g/mol. The summed E-state index contributed by atoms with van der Waals surface area (Å²) < 4.78 is 5.13. The molecule has 0 unspecified atom stereocenters. The van der Waals surface area contributed by atoms with Crippen LogP contribution in [0.1, 0.15) is 0 Å². The molecule has 3 aromatic rings. The number of hydrogen-bond acceptors (Lipinski definition) is 1. The number of fused-ring (bicyclic) bond motifs is 3. The Balaban J connectivity index is 2.52. The Hall–Kier alpha value is -2.02. The average molecular weight is 207 g/mol. The van der Waals surface area contributed by atoms with Crippen LogP contribution in [-0.4, -0.2) is 0 Å². The smallest absolute Gasteiger partial charge is 0.127 e. The minimum Gasteiger partial charge on any atom is -0.489 e. The molecule has 0 N–H and O–H groups in total. The molecule has 0 atom stereocenters. The van der Waals surface area contributed by atoms with Gasteiger partial charge in [-0.1, -0.05) is 48.5 Å². The Morgan fingerprint density at radius 2 is 1.50 bits per heavy atom. The van der Waals surface area contributed by atoms with Crippen LogP contribution in [-0.2, 0) is 0 Å². The van der Waals surface area contributed by atoms with Crippen molar-refractivity contribution in [3.8, 4) is 5.75 Å². The topological polar surface area (TPSA) is 9.23 Å². The first kappa shape index (κ1) is 9.22. The SMILES string of the molecule is [CH2]Oc1cccc2c1ccc1ccccc12. The lowest BCUT2D eigenvalue weighted by molar-refractivity contribution is 0.479. The molecule has 16 heavy (non-hydrogen) atoms. The Morgan fingerprint density at radius 3 is 2.38 bits per heavy atom. The third-order valence-electron chi connectivity index (χ3n) is 2.90. The molecule has 0 heterocycles. The van der Waals surface area contributed by atoms with Crippen LogP contribution in [0.5, 0.6) is 5.75 Å². The lowest BCUT2D eigenvalue weighted by Crippen LogP contribution is -1.83. The summed E-state index contributed by atoms with van der Waals surface area (Å²) in [6, 6.07) is 18.6. The maximum atomic E-state index is 5.13. The fraction of sp³-hybridized carbons (Fsp3) is 0. The van der Waals surface area contributed by atoms with Crippen molar-refractivity contribution in [2.24, 2.45) is 0 Å². The van der Waals surface area contributed by atoms with E-state index in [1.54, 1.807) is 0 Å². The molecule has 0 aliphatic rings. The predicted octanol–water partition coefficient (Wildman–Crippen LogP) is 4.16. The minimum atomic E-state index is 0.822. The molecule has 0 aliphatic carbocycles. The van der Waals surface area contributed by atoms with Gasteiger partial charge < -0.3 is 4.74 Å². The fourth-order valence-electron chi connectivity index (χ4n) is 2.14. The highest BCUT2D eigenvalue weighted by Gasteiger charge is 2.03. The van der Waals surface area contributed by atoms with Crippen LogP contribution >= 0.6 is 0 Å². The minimum absolute atomic E-state index is 0.822. The number of hydrogen-bond donors (Lipinski definition) is 0. The molecule has 0 bridgehead atoms. The van der Waals surface area contributed by atoms with Gasteiger partial charge in [0.2, 0.25) is 0 Å². The van der Waals surface area contributed by atoms with E-state index in [1.165, 1.54) is 16.2 Å². The summed E-state index contributed by atoms with van der Waals surface area (Å²) in [5, 5.41) is 4.81. The first-order valence-electron chi connectivity index (χ1n) is 5.22. The van der Waals surface area contributed by atoms with E-state index in [0.29, 0.717) is 0 Å². The summed E-state index contributed by atoms with van der Waals surface area (Å²) >= 11 is 0. The van der Waals surface area contributed by atoms with Crippen molar-refractivity contribution < 1.29 is 4.74 Å². The maximum absolute atomic E-state index is 5.13. The monoisotopic (exact) mass is 207 g/mol. The van der Waals surface area contributed by atoms with Crippen molar-refractivity contribution in [3.05, 3.63) is 61.7 Å². The van der Waals surface area contributed by atoms with Gasteiger partial charge in [-0.2, -0.15) is 0 Å². The quantitative estimate of drug-likeness (QED) is 0.544. The molecule has 0 saturated carbocycles. The molecule has 3 aromatic carbocycles. The van der Waals surface area contributed by atoms with Gasteiger partial charge in [-0.3, -0.25) is 0 Å². The van der Waals surface area contributed by atoms with Gasteiger partial charge in [0, 0.05) is 5.39 Å². The van der Waals surface area contributed by atoms with Crippen molar-refractivity contribution in [2.75, 3.05) is 0 Å². The summed E-state index contributed by atoms with van der Waals surface area (Å²) in [6.07, 6.45) is 0.